The fourth-order valence-electron chi connectivity index (χ4n) is 1.62. The largest absolute Gasteiger partial charge is 0.444 e. The van der Waals surface area contributed by atoms with Crippen LogP contribution in [0.4, 0.5) is 4.79 Å². The van der Waals surface area contributed by atoms with Crippen LogP contribution in [-0.2, 0) is 4.74 Å². The topological polar surface area (TPSA) is 41.6 Å². The molecule has 0 aliphatic rings. The lowest BCUT2D eigenvalue weighted by molar-refractivity contribution is 0.0261. The zero-order chi connectivity index (χ0) is 14.9. The van der Waals surface area contributed by atoms with E-state index in [0.29, 0.717) is 19.1 Å². The summed E-state index contributed by atoms with van der Waals surface area (Å²) in [6.45, 7) is 15.6. The van der Waals surface area contributed by atoms with E-state index >= 15 is 0 Å². The highest BCUT2D eigenvalue weighted by Crippen LogP contribution is 2.09. The second-order valence-corrected chi connectivity index (χ2v) is 5.78. The number of hydrogen-bond acceptors (Lipinski definition) is 3. The van der Waals surface area contributed by atoms with E-state index in [1.165, 1.54) is 0 Å². The Morgan fingerprint density at radius 1 is 1.47 bits per heavy atom. The van der Waals surface area contributed by atoms with Crippen LogP contribution in [0.1, 0.15) is 47.5 Å². The molecule has 0 radical (unpaired) electrons. The molecular formula is C15H30N2O2. The van der Waals surface area contributed by atoms with Crippen molar-refractivity contribution in [3.05, 3.63) is 12.7 Å². The second-order valence-electron chi connectivity index (χ2n) is 5.78. The SMILES string of the molecule is C=CCCC(C)NCCN(CC)C(=O)OC(C)(C)C. The van der Waals surface area contributed by atoms with Crippen molar-refractivity contribution in [3.8, 4) is 0 Å². The predicted octanol–water partition coefficient (Wildman–Crippen LogP) is 3.19. The quantitative estimate of drug-likeness (QED) is 0.689. The maximum Gasteiger partial charge on any atom is 0.410 e. The molecule has 0 saturated carbocycles. The van der Waals surface area contributed by atoms with Gasteiger partial charge in [0.25, 0.3) is 0 Å². The van der Waals surface area contributed by atoms with Gasteiger partial charge in [-0.3, -0.25) is 0 Å². The molecule has 0 saturated heterocycles. The van der Waals surface area contributed by atoms with Gasteiger partial charge in [-0.05, 0) is 47.5 Å². The molecule has 1 N–H and O–H groups in total. The van der Waals surface area contributed by atoms with E-state index < -0.39 is 5.60 Å². The summed E-state index contributed by atoms with van der Waals surface area (Å²) in [7, 11) is 0. The van der Waals surface area contributed by atoms with Crippen molar-refractivity contribution >= 4 is 6.09 Å². The van der Waals surface area contributed by atoms with Crippen LogP contribution in [0.15, 0.2) is 12.7 Å². The first kappa shape index (κ1) is 18.0. The van der Waals surface area contributed by atoms with Gasteiger partial charge in [-0.25, -0.2) is 4.79 Å². The molecule has 4 heteroatoms. The van der Waals surface area contributed by atoms with Gasteiger partial charge >= 0.3 is 6.09 Å². The van der Waals surface area contributed by atoms with Crippen LogP contribution >= 0.6 is 0 Å². The minimum Gasteiger partial charge on any atom is -0.444 e. The Bertz CT molecular complexity index is 272. The Hall–Kier alpha value is -1.03. The summed E-state index contributed by atoms with van der Waals surface area (Å²) in [5.41, 5.74) is -0.435. The van der Waals surface area contributed by atoms with Gasteiger partial charge in [0.15, 0.2) is 0 Å². The molecule has 0 fully saturated rings. The van der Waals surface area contributed by atoms with E-state index in [4.69, 9.17) is 4.74 Å². The number of allylic oxidation sites excluding steroid dienone is 1. The van der Waals surface area contributed by atoms with Gasteiger partial charge in [0.05, 0.1) is 0 Å². The summed E-state index contributed by atoms with van der Waals surface area (Å²) < 4.78 is 5.36. The number of carbonyl (C=O) groups excluding carboxylic acids is 1. The first-order valence-corrected chi connectivity index (χ1v) is 7.12. The minimum atomic E-state index is -0.435. The van der Waals surface area contributed by atoms with E-state index in [1.54, 1.807) is 4.90 Å². The van der Waals surface area contributed by atoms with Crippen molar-refractivity contribution in [1.29, 1.82) is 0 Å². The third kappa shape index (κ3) is 9.54. The molecule has 0 aromatic heterocycles. The molecule has 1 atom stereocenters. The summed E-state index contributed by atoms with van der Waals surface area (Å²) in [6, 6.07) is 0.440. The highest BCUT2D eigenvalue weighted by Gasteiger charge is 2.20. The van der Waals surface area contributed by atoms with Gasteiger partial charge in [-0.1, -0.05) is 6.08 Å². The van der Waals surface area contributed by atoms with E-state index in [0.717, 1.165) is 19.4 Å². The Labute approximate surface area is 118 Å². The van der Waals surface area contributed by atoms with Gasteiger partial charge in [0.2, 0.25) is 0 Å². The van der Waals surface area contributed by atoms with E-state index in [2.05, 4.69) is 18.8 Å². The molecule has 0 aliphatic heterocycles. The van der Waals surface area contributed by atoms with Gasteiger partial charge in [-0.15, -0.1) is 6.58 Å². The molecule has 0 spiro atoms. The van der Waals surface area contributed by atoms with Gasteiger partial charge < -0.3 is 15.0 Å². The zero-order valence-corrected chi connectivity index (χ0v) is 13.2. The second kappa shape index (κ2) is 8.97. The van der Waals surface area contributed by atoms with Crippen molar-refractivity contribution in [2.75, 3.05) is 19.6 Å². The number of rotatable bonds is 8. The van der Waals surface area contributed by atoms with E-state index in [9.17, 15) is 4.79 Å². The number of nitrogens with zero attached hydrogens (tertiary/aromatic N) is 1. The molecule has 0 aromatic carbocycles. The van der Waals surface area contributed by atoms with E-state index in [-0.39, 0.29) is 6.09 Å². The standard InChI is InChI=1S/C15H30N2O2/c1-7-9-10-13(3)16-11-12-17(8-2)14(18)19-15(4,5)6/h7,13,16H,1,8-12H2,2-6H3. The highest BCUT2D eigenvalue weighted by molar-refractivity contribution is 5.68. The summed E-state index contributed by atoms with van der Waals surface area (Å²) in [4.78, 5) is 13.6. The van der Waals surface area contributed by atoms with Crippen LogP contribution in [0.3, 0.4) is 0 Å². The maximum absolute atomic E-state index is 11.9. The Morgan fingerprint density at radius 2 is 2.11 bits per heavy atom. The van der Waals surface area contributed by atoms with Crippen molar-refractivity contribution in [2.45, 2.75) is 59.1 Å². The monoisotopic (exact) mass is 270 g/mol. The summed E-state index contributed by atoms with van der Waals surface area (Å²) in [5.74, 6) is 0. The molecular weight excluding hydrogens is 240 g/mol. The lowest BCUT2D eigenvalue weighted by Crippen LogP contribution is -2.41. The molecule has 0 aromatic rings. The first-order chi connectivity index (χ1) is 8.80. The Kier molecular flexibility index (Phi) is 8.48. The Balaban J connectivity index is 3.99. The molecule has 19 heavy (non-hydrogen) atoms. The van der Waals surface area contributed by atoms with Crippen molar-refractivity contribution < 1.29 is 9.53 Å². The van der Waals surface area contributed by atoms with Crippen molar-refractivity contribution in [2.24, 2.45) is 0 Å². The number of amides is 1. The van der Waals surface area contributed by atoms with Crippen molar-refractivity contribution in [3.63, 3.8) is 0 Å². The van der Waals surface area contributed by atoms with E-state index in [1.807, 2.05) is 33.8 Å². The normalized spacial score (nSPS) is 12.9. The smallest absolute Gasteiger partial charge is 0.410 e. The molecule has 112 valence electrons. The van der Waals surface area contributed by atoms with Gasteiger partial charge in [0.1, 0.15) is 5.60 Å². The average Bonchev–Trinajstić information content (AvgIpc) is 2.29. The summed E-state index contributed by atoms with van der Waals surface area (Å²) in [6.07, 6.45) is 3.77. The lowest BCUT2D eigenvalue weighted by Gasteiger charge is -2.27. The maximum atomic E-state index is 11.9. The zero-order valence-electron chi connectivity index (χ0n) is 13.2. The van der Waals surface area contributed by atoms with Gasteiger partial charge in [0, 0.05) is 25.7 Å². The summed E-state index contributed by atoms with van der Waals surface area (Å²) >= 11 is 0. The lowest BCUT2D eigenvalue weighted by atomic mass is 10.2. The van der Waals surface area contributed by atoms with Crippen molar-refractivity contribution in [1.82, 2.24) is 10.2 Å². The fraction of sp³-hybridized carbons (Fsp3) is 0.800. The number of nitrogens with one attached hydrogen (secondary N) is 1. The van der Waals surface area contributed by atoms with Crippen LogP contribution in [0, 0.1) is 0 Å². The summed E-state index contributed by atoms with van der Waals surface area (Å²) in [5, 5.41) is 3.40. The predicted molar refractivity (Wildman–Crippen MR) is 80.4 cm³/mol. The molecule has 0 heterocycles. The van der Waals surface area contributed by atoms with Crippen LogP contribution in [0.25, 0.3) is 0 Å². The van der Waals surface area contributed by atoms with Crippen LogP contribution in [-0.4, -0.2) is 42.3 Å². The third-order valence-corrected chi connectivity index (χ3v) is 2.71. The minimum absolute atomic E-state index is 0.240. The third-order valence-electron chi connectivity index (χ3n) is 2.71. The molecule has 0 aliphatic carbocycles. The van der Waals surface area contributed by atoms with Crippen LogP contribution in [0.2, 0.25) is 0 Å². The first-order valence-electron chi connectivity index (χ1n) is 7.12. The molecule has 1 unspecified atom stereocenters. The van der Waals surface area contributed by atoms with Crippen LogP contribution in [0.5, 0.6) is 0 Å². The Morgan fingerprint density at radius 3 is 2.58 bits per heavy atom. The number of likely N-dealkylation sites (N-methyl/N-ethyl adjacent to an activating group) is 1. The fourth-order valence-corrected chi connectivity index (χ4v) is 1.62. The molecule has 1 amide bonds. The highest BCUT2D eigenvalue weighted by atomic mass is 16.6. The average molecular weight is 270 g/mol. The number of carbonyl (C=O) groups is 1. The molecule has 0 rings (SSSR count). The van der Waals surface area contributed by atoms with Crippen LogP contribution < -0.4 is 5.32 Å². The molecule has 4 nitrogen and oxygen atoms in total. The number of hydrogen-bond donors (Lipinski definition) is 1. The molecule has 0 bridgehead atoms. The van der Waals surface area contributed by atoms with Gasteiger partial charge in [-0.2, -0.15) is 0 Å². The number of ether oxygens (including phenoxy) is 1.